The second-order valence-corrected chi connectivity index (χ2v) is 4.86. The molecule has 0 aromatic carbocycles. The molecule has 0 radical (unpaired) electrons. The molecular formula is C12H23N3O2. The van der Waals surface area contributed by atoms with Gasteiger partial charge in [-0.1, -0.05) is 6.42 Å². The number of carbonyl (C=O) groups is 2. The molecule has 1 fully saturated rings. The number of hydrogen-bond donors (Lipinski definition) is 2. The minimum absolute atomic E-state index is 0.0343. The highest BCUT2D eigenvalue weighted by molar-refractivity contribution is 5.80. The third kappa shape index (κ3) is 4.00. The van der Waals surface area contributed by atoms with E-state index in [9.17, 15) is 9.59 Å². The Morgan fingerprint density at radius 3 is 2.65 bits per heavy atom. The van der Waals surface area contributed by atoms with Crippen LogP contribution in [0, 0.1) is 11.8 Å². The summed E-state index contributed by atoms with van der Waals surface area (Å²) in [5.41, 5.74) is 5.64. The number of nitrogens with zero attached hydrogens (tertiary/aromatic N) is 1. The summed E-state index contributed by atoms with van der Waals surface area (Å²) in [4.78, 5) is 24.7. The Morgan fingerprint density at radius 1 is 1.35 bits per heavy atom. The Labute approximate surface area is 103 Å². The van der Waals surface area contributed by atoms with E-state index in [1.807, 2.05) is 0 Å². The van der Waals surface area contributed by atoms with Crippen molar-refractivity contribution in [3.8, 4) is 0 Å². The monoisotopic (exact) mass is 241 g/mol. The summed E-state index contributed by atoms with van der Waals surface area (Å²) >= 11 is 0. The summed E-state index contributed by atoms with van der Waals surface area (Å²) in [6, 6.07) is 0. The SMILES string of the molecule is CN(C)C(=O)CCNC(=O)C1CCCC1CN. The van der Waals surface area contributed by atoms with E-state index in [1.54, 1.807) is 14.1 Å². The quantitative estimate of drug-likeness (QED) is 0.709. The normalized spacial score (nSPS) is 23.5. The van der Waals surface area contributed by atoms with E-state index in [2.05, 4.69) is 5.32 Å². The fraction of sp³-hybridized carbons (Fsp3) is 0.833. The largest absolute Gasteiger partial charge is 0.355 e. The summed E-state index contributed by atoms with van der Waals surface area (Å²) in [5.74, 6) is 0.464. The zero-order chi connectivity index (χ0) is 12.8. The fourth-order valence-electron chi connectivity index (χ4n) is 2.31. The van der Waals surface area contributed by atoms with E-state index < -0.39 is 0 Å². The van der Waals surface area contributed by atoms with Crippen LogP contribution in [0.5, 0.6) is 0 Å². The average molecular weight is 241 g/mol. The minimum Gasteiger partial charge on any atom is -0.355 e. The van der Waals surface area contributed by atoms with Gasteiger partial charge in [0.05, 0.1) is 0 Å². The van der Waals surface area contributed by atoms with Crippen LogP contribution in [0.25, 0.3) is 0 Å². The van der Waals surface area contributed by atoms with Crippen LogP contribution in [0.3, 0.4) is 0 Å². The molecule has 5 nitrogen and oxygen atoms in total. The van der Waals surface area contributed by atoms with Gasteiger partial charge in [0, 0.05) is 33.0 Å². The van der Waals surface area contributed by atoms with Crippen LogP contribution >= 0.6 is 0 Å². The van der Waals surface area contributed by atoms with Crippen molar-refractivity contribution in [1.29, 1.82) is 0 Å². The molecular weight excluding hydrogens is 218 g/mol. The number of nitrogens with two attached hydrogens (primary N) is 1. The highest BCUT2D eigenvalue weighted by Crippen LogP contribution is 2.30. The maximum Gasteiger partial charge on any atom is 0.223 e. The molecule has 0 aromatic rings. The Kier molecular flexibility index (Phi) is 5.41. The molecule has 2 unspecified atom stereocenters. The maximum atomic E-state index is 11.9. The molecule has 1 aliphatic rings. The molecule has 98 valence electrons. The third-order valence-corrected chi connectivity index (χ3v) is 3.44. The zero-order valence-electron chi connectivity index (χ0n) is 10.7. The molecule has 0 aromatic heterocycles. The van der Waals surface area contributed by atoms with Gasteiger partial charge in [0.1, 0.15) is 0 Å². The van der Waals surface area contributed by atoms with Gasteiger partial charge in [0.15, 0.2) is 0 Å². The average Bonchev–Trinajstić information content (AvgIpc) is 2.76. The van der Waals surface area contributed by atoms with E-state index in [1.165, 1.54) is 4.90 Å². The van der Waals surface area contributed by atoms with Gasteiger partial charge >= 0.3 is 0 Å². The molecule has 0 bridgehead atoms. The number of rotatable bonds is 5. The second-order valence-electron chi connectivity index (χ2n) is 4.86. The first-order chi connectivity index (χ1) is 8.06. The molecule has 1 rings (SSSR count). The molecule has 2 amide bonds. The van der Waals surface area contributed by atoms with E-state index in [0.29, 0.717) is 25.4 Å². The summed E-state index contributed by atoms with van der Waals surface area (Å²) in [6.45, 7) is 0.998. The molecule has 3 N–H and O–H groups in total. The van der Waals surface area contributed by atoms with Gasteiger partial charge in [-0.15, -0.1) is 0 Å². The topological polar surface area (TPSA) is 75.4 Å². The zero-order valence-corrected chi connectivity index (χ0v) is 10.7. The Hall–Kier alpha value is -1.10. The summed E-state index contributed by atoms with van der Waals surface area (Å²) in [7, 11) is 3.43. The van der Waals surface area contributed by atoms with Gasteiger partial charge in [-0.2, -0.15) is 0 Å². The number of carbonyl (C=O) groups excluding carboxylic acids is 2. The van der Waals surface area contributed by atoms with Gasteiger partial charge in [0.25, 0.3) is 0 Å². The van der Waals surface area contributed by atoms with Crippen molar-refractivity contribution in [2.24, 2.45) is 17.6 Å². The second kappa shape index (κ2) is 6.59. The van der Waals surface area contributed by atoms with Crippen molar-refractivity contribution in [2.45, 2.75) is 25.7 Å². The highest BCUT2D eigenvalue weighted by Gasteiger charge is 2.31. The third-order valence-electron chi connectivity index (χ3n) is 3.44. The van der Waals surface area contributed by atoms with Crippen LogP contribution in [-0.4, -0.2) is 43.9 Å². The summed E-state index contributed by atoms with van der Waals surface area (Å²) in [6.07, 6.45) is 3.41. The first-order valence-corrected chi connectivity index (χ1v) is 6.24. The minimum atomic E-state index is 0.0343. The van der Waals surface area contributed by atoms with Crippen LogP contribution in [0.4, 0.5) is 0 Å². The highest BCUT2D eigenvalue weighted by atomic mass is 16.2. The summed E-state index contributed by atoms with van der Waals surface area (Å²) < 4.78 is 0. The predicted octanol–water partition coefficient (Wildman–Crippen LogP) is -0.0441. The van der Waals surface area contributed by atoms with E-state index in [-0.39, 0.29) is 17.7 Å². The van der Waals surface area contributed by atoms with Crippen molar-refractivity contribution in [3.63, 3.8) is 0 Å². The van der Waals surface area contributed by atoms with Gasteiger partial charge < -0.3 is 16.0 Å². The first-order valence-electron chi connectivity index (χ1n) is 6.24. The molecule has 17 heavy (non-hydrogen) atoms. The van der Waals surface area contributed by atoms with E-state index in [4.69, 9.17) is 5.73 Å². The summed E-state index contributed by atoms with van der Waals surface area (Å²) in [5, 5.41) is 2.83. The molecule has 0 spiro atoms. The smallest absolute Gasteiger partial charge is 0.223 e. The lowest BCUT2D eigenvalue weighted by Gasteiger charge is -2.17. The first kappa shape index (κ1) is 14.0. The Balaban J connectivity index is 2.27. The number of nitrogens with one attached hydrogen (secondary N) is 1. The fourth-order valence-corrected chi connectivity index (χ4v) is 2.31. The Bertz CT molecular complexity index is 279. The lowest BCUT2D eigenvalue weighted by molar-refractivity contribution is -0.129. The molecule has 0 saturated heterocycles. The molecule has 2 atom stereocenters. The van der Waals surface area contributed by atoms with Gasteiger partial charge in [-0.3, -0.25) is 9.59 Å². The van der Waals surface area contributed by atoms with Crippen LogP contribution in [0.1, 0.15) is 25.7 Å². The standard InChI is InChI=1S/C12H23N3O2/c1-15(2)11(16)6-7-14-12(17)10-5-3-4-9(10)8-13/h9-10H,3-8,13H2,1-2H3,(H,14,17). The van der Waals surface area contributed by atoms with Crippen LogP contribution in [0.2, 0.25) is 0 Å². The van der Waals surface area contributed by atoms with Crippen molar-refractivity contribution >= 4 is 11.8 Å². The maximum absolute atomic E-state index is 11.9. The molecule has 0 heterocycles. The molecule has 1 saturated carbocycles. The van der Waals surface area contributed by atoms with Crippen LogP contribution < -0.4 is 11.1 Å². The van der Waals surface area contributed by atoms with Crippen molar-refractivity contribution < 1.29 is 9.59 Å². The van der Waals surface area contributed by atoms with Crippen LogP contribution in [0.15, 0.2) is 0 Å². The molecule has 0 aliphatic heterocycles. The van der Waals surface area contributed by atoms with Crippen molar-refractivity contribution in [3.05, 3.63) is 0 Å². The Morgan fingerprint density at radius 2 is 2.06 bits per heavy atom. The van der Waals surface area contributed by atoms with E-state index >= 15 is 0 Å². The van der Waals surface area contributed by atoms with Gasteiger partial charge in [-0.05, 0) is 25.3 Å². The lowest BCUT2D eigenvalue weighted by Crippen LogP contribution is -2.37. The lowest BCUT2D eigenvalue weighted by atomic mass is 9.95. The predicted molar refractivity (Wildman–Crippen MR) is 66.2 cm³/mol. The van der Waals surface area contributed by atoms with Gasteiger partial charge in [0.2, 0.25) is 11.8 Å². The molecule has 1 aliphatic carbocycles. The number of hydrogen-bond acceptors (Lipinski definition) is 3. The van der Waals surface area contributed by atoms with Crippen molar-refractivity contribution in [1.82, 2.24) is 10.2 Å². The number of amides is 2. The van der Waals surface area contributed by atoms with Crippen molar-refractivity contribution in [2.75, 3.05) is 27.2 Å². The van der Waals surface area contributed by atoms with E-state index in [0.717, 1.165) is 19.3 Å². The molecule has 5 heteroatoms. The van der Waals surface area contributed by atoms with Gasteiger partial charge in [-0.25, -0.2) is 0 Å². The van der Waals surface area contributed by atoms with Crippen LogP contribution in [-0.2, 0) is 9.59 Å².